The second-order valence-corrected chi connectivity index (χ2v) is 5.02. The number of hydrogen-bond donors (Lipinski definition) is 0. The Balaban J connectivity index is 2.71. The average molecular weight is 318 g/mol. The van der Waals surface area contributed by atoms with E-state index in [9.17, 15) is 9.59 Å². The molecule has 0 unspecified atom stereocenters. The highest BCUT2D eigenvalue weighted by molar-refractivity contribution is 7.98. The van der Waals surface area contributed by atoms with Gasteiger partial charge in [-0.2, -0.15) is 0 Å². The summed E-state index contributed by atoms with van der Waals surface area (Å²) in [4.78, 5) is 32.9. The van der Waals surface area contributed by atoms with Crippen LogP contribution in [0.15, 0.2) is 11.4 Å². The predicted octanol–water partition coefficient (Wildman–Crippen LogP) is 1.88. The Labute approximate surface area is 126 Å². The first-order valence-corrected chi connectivity index (χ1v) is 7.57. The molecule has 0 aromatic carbocycles. The van der Waals surface area contributed by atoms with E-state index in [0.29, 0.717) is 11.8 Å². The molecule has 0 saturated heterocycles. The number of amides is 1. The van der Waals surface area contributed by atoms with Gasteiger partial charge in [0.05, 0.1) is 24.2 Å². The molecule has 1 heterocycles. The molecular formula is C12H16ClN3O3S. The number of nitrogens with zero attached hydrogens (tertiary/aromatic N) is 3. The fourth-order valence-electron chi connectivity index (χ4n) is 1.37. The van der Waals surface area contributed by atoms with Crippen molar-refractivity contribution in [1.82, 2.24) is 14.9 Å². The van der Waals surface area contributed by atoms with E-state index in [2.05, 4.69) is 9.97 Å². The molecule has 0 aliphatic rings. The van der Waals surface area contributed by atoms with Gasteiger partial charge < -0.3 is 9.64 Å². The molecule has 0 aliphatic carbocycles. The van der Waals surface area contributed by atoms with Crippen molar-refractivity contribution in [2.75, 3.05) is 26.5 Å². The second kappa shape index (κ2) is 8.06. The lowest BCUT2D eigenvalue weighted by atomic mass is 10.3. The van der Waals surface area contributed by atoms with Gasteiger partial charge in [-0.05, 0) is 13.2 Å². The number of ether oxygens (including phenoxy) is 1. The molecule has 110 valence electrons. The monoisotopic (exact) mass is 317 g/mol. The average Bonchev–Trinajstić information content (AvgIpc) is 2.45. The van der Waals surface area contributed by atoms with Crippen LogP contribution in [0.5, 0.6) is 0 Å². The summed E-state index contributed by atoms with van der Waals surface area (Å²) in [6, 6.07) is 0. The highest BCUT2D eigenvalue weighted by atomic mass is 35.5. The van der Waals surface area contributed by atoms with Crippen LogP contribution < -0.4 is 0 Å². The fourth-order valence-corrected chi connectivity index (χ4v) is 1.89. The van der Waals surface area contributed by atoms with Gasteiger partial charge in [-0.3, -0.25) is 9.59 Å². The first-order valence-electron chi connectivity index (χ1n) is 5.97. The Kier molecular flexibility index (Phi) is 6.74. The maximum atomic E-state index is 12.2. The Morgan fingerprint density at radius 3 is 2.80 bits per heavy atom. The van der Waals surface area contributed by atoms with Gasteiger partial charge in [0.1, 0.15) is 0 Å². The summed E-state index contributed by atoms with van der Waals surface area (Å²) < 4.78 is 4.81. The van der Waals surface area contributed by atoms with Crippen LogP contribution in [0.1, 0.15) is 23.8 Å². The Bertz CT molecular complexity index is 499. The summed E-state index contributed by atoms with van der Waals surface area (Å²) >= 11 is 7.25. The molecule has 1 rings (SSSR count). The summed E-state index contributed by atoms with van der Waals surface area (Å²) in [5.41, 5.74) is 0.136. The number of esters is 1. The number of carbonyl (C=O) groups excluding carboxylic acids is 2. The molecule has 0 bridgehead atoms. The third-order valence-electron chi connectivity index (χ3n) is 2.41. The standard InChI is InChI=1S/C12H16ClN3O3S/c1-4-19-9(17)5-6-16(2)11(18)10-8(13)7-14-12(15-10)20-3/h7H,4-6H2,1-3H3. The van der Waals surface area contributed by atoms with Crippen LogP contribution >= 0.6 is 23.4 Å². The van der Waals surface area contributed by atoms with E-state index in [1.807, 2.05) is 6.26 Å². The number of aromatic nitrogens is 2. The van der Waals surface area contributed by atoms with Crippen molar-refractivity contribution in [3.63, 3.8) is 0 Å². The highest BCUT2D eigenvalue weighted by Crippen LogP contribution is 2.17. The molecule has 20 heavy (non-hydrogen) atoms. The molecule has 1 aromatic rings. The van der Waals surface area contributed by atoms with E-state index in [1.54, 1.807) is 14.0 Å². The van der Waals surface area contributed by atoms with E-state index in [1.165, 1.54) is 22.9 Å². The molecule has 0 spiro atoms. The van der Waals surface area contributed by atoms with E-state index in [-0.39, 0.29) is 35.6 Å². The molecule has 1 aromatic heterocycles. The van der Waals surface area contributed by atoms with Gasteiger partial charge in [0.2, 0.25) is 0 Å². The molecule has 0 atom stereocenters. The summed E-state index contributed by atoms with van der Waals surface area (Å²) in [6.45, 7) is 2.30. The molecule has 8 heteroatoms. The predicted molar refractivity (Wildman–Crippen MR) is 77.0 cm³/mol. The zero-order chi connectivity index (χ0) is 15.1. The summed E-state index contributed by atoms with van der Waals surface area (Å²) in [6.07, 6.45) is 3.34. The van der Waals surface area contributed by atoms with E-state index < -0.39 is 0 Å². The Morgan fingerprint density at radius 1 is 1.50 bits per heavy atom. The molecular weight excluding hydrogens is 302 g/mol. The van der Waals surface area contributed by atoms with E-state index in [0.717, 1.165) is 0 Å². The van der Waals surface area contributed by atoms with Crippen molar-refractivity contribution in [2.45, 2.75) is 18.5 Å². The number of carbonyl (C=O) groups is 2. The van der Waals surface area contributed by atoms with Crippen LogP contribution in [0.2, 0.25) is 5.02 Å². The quantitative estimate of drug-likeness (QED) is 0.453. The van der Waals surface area contributed by atoms with Crippen molar-refractivity contribution in [1.29, 1.82) is 0 Å². The largest absolute Gasteiger partial charge is 0.466 e. The van der Waals surface area contributed by atoms with E-state index in [4.69, 9.17) is 16.3 Å². The first-order chi connectivity index (χ1) is 9.49. The van der Waals surface area contributed by atoms with Crippen LogP contribution in [-0.4, -0.2) is 53.2 Å². The van der Waals surface area contributed by atoms with Gasteiger partial charge >= 0.3 is 5.97 Å². The van der Waals surface area contributed by atoms with Gasteiger partial charge in [-0.1, -0.05) is 23.4 Å². The van der Waals surface area contributed by atoms with Gasteiger partial charge in [0, 0.05) is 13.6 Å². The number of hydrogen-bond acceptors (Lipinski definition) is 6. The smallest absolute Gasteiger partial charge is 0.307 e. The van der Waals surface area contributed by atoms with Crippen LogP contribution in [0, 0.1) is 0 Å². The Morgan fingerprint density at radius 2 is 2.20 bits per heavy atom. The minimum absolute atomic E-state index is 0.133. The minimum Gasteiger partial charge on any atom is -0.466 e. The molecule has 0 saturated carbocycles. The molecule has 0 aliphatic heterocycles. The Hall–Kier alpha value is -1.34. The van der Waals surface area contributed by atoms with Crippen molar-refractivity contribution < 1.29 is 14.3 Å². The van der Waals surface area contributed by atoms with Gasteiger partial charge in [-0.15, -0.1) is 0 Å². The SMILES string of the molecule is CCOC(=O)CCN(C)C(=O)c1nc(SC)ncc1Cl. The zero-order valence-electron chi connectivity index (χ0n) is 11.6. The lowest BCUT2D eigenvalue weighted by molar-refractivity contribution is -0.143. The lowest BCUT2D eigenvalue weighted by Crippen LogP contribution is -2.30. The van der Waals surface area contributed by atoms with Crippen molar-refractivity contribution >= 4 is 35.2 Å². The third kappa shape index (κ3) is 4.64. The number of halogens is 1. The van der Waals surface area contributed by atoms with Gasteiger partial charge in [0.25, 0.3) is 5.91 Å². The summed E-state index contributed by atoms with van der Waals surface area (Å²) in [7, 11) is 1.58. The fraction of sp³-hybridized carbons (Fsp3) is 0.500. The minimum atomic E-state index is -0.350. The maximum Gasteiger partial charge on any atom is 0.307 e. The van der Waals surface area contributed by atoms with Gasteiger partial charge in [-0.25, -0.2) is 9.97 Å². The summed E-state index contributed by atoms with van der Waals surface area (Å²) in [5.74, 6) is -0.692. The number of thioether (sulfide) groups is 1. The highest BCUT2D eigenvalue weighted by Gasteiger charge is 2.19. The number of rotatable bonds is 6. The van der Waals surface area contributed by atoms with E-state index >= 15 is 0 Å². The van der Waals surface area contributed by atoms with Crippen molar-refractivity contribution in [3.8, 4) is 0 Å². The van der Waals surface area contributed by atoms with Crippen LogP contribution in [0.25, 0.3) is 0 Å². The molecule has 0 fully saturated rings. The lowest BCUT2D eigenvalue weighted by Gasteiger charge is -2.16. The normalized spacial score (nSPS) is 10.2. The second-order valence-electron chi connectivity index (χ2n) is 3.83. The maximum absolute atomic E-state index is 12.2. The van der Waals surface area contributed by atoms with Crippen LogP contribution in [0.3, 0.4) is 0 Å². The topological polar surface area (TPSA) is 72.4 Å². The molecule has 0 radical (unpaired) electrons. The molecule has 1 amide bonds. The molecule has 0 N–H and O–H groups in total. The van der Waals surface area contributed by atoms with Crippen LogP contribution in [0.4, 0.5) is 0 Å². The van der Waals surface area contributed by atoms with Crippen LogP contribution in [-0.2, 0) is 9.53 Å². The third-order valence-corrected chi connectivity index (χ3v) is 3.25. The van der Waals surface area contributed by atoms with Gasteiger partial charge in [0.15, 0.2) is 10.9 Å². The van der Waals surface area contributed by atoms with Crippen molar-refractivity contribution in [2.24, 2.45) is 0 Å². The zero-order valence-corrected chi connectivity index (χ0v) is 13.1. The van der Waals surface area contributed by atoms with Crippen molar-refractivity contribution in [3.05, 3.63) is 16.9 Å². The summed E-state index contributed by atoms with van der Waals surface area (Å²) in [5, 5.41) is 0.660. The molecule has 6 nitrogen and oxygen atoms in total. The first kappa shape index (κ1) is 16.7.